The molecular weight excluding hydrogens is 404 g/mol. The number of aliphatic hydroxyl groups excluding tert-OH is 1. The minimum atomic E-state index is -5.79. The van der Waals surface area contributed by atoms with Crippen molar-refractivity contribution in [1.29, 1.82) is 0 Å². The zero-order valence-electron chi connectivity index (χ0n) is 15.5. The summed E-state index contributed by atoms with van der Waals surface area (Å²) in [6.45, 7) is -4.19. The van der Waals surface area contributed by atoms with Crippen molar-refractivity contribution in [2.75, 3.05) is 32.3 Å². The summed E-state index contributed by atoms with van der Waals surface area (Å²) in [5.74, 6) is -15.5. The molecule has 0 amide bonds. The zero-order valence-corrected chi connectivity index (χ0v) is 15.5. The SMILES string of the molecule is COc1ccc(N(CC(F)(F)C(F)(F)C(F)(F)CO)c2ccc(OC)cc2)cc1. The lowest BCUT2D eigenvalue weighted by molar-refractivity contribution is -0.312. The fourth-order valence-corrected chi connectivity index (χ4v) is 2.52. The Morgan fingerprint density at radius 2 is 1.10 bits per heavy atom. The fourth-order valence-electron chi connectivity index (χ4n) is 2.52. The monoisotopic (exact) mass is 423 g/mol. The van der Waals surface area contributed by atoms with Gasteiger partial charge in [-0.25, -0.2) is 0 Å². The molecule has 2 aromatic rings. The van der Waals surface area contributed by atoms with E-state index in [0.29, 0.717) is 11.5 Å². The average Bonchev–Trinajstić information content (AvgIpc) is 2.72. The molecule has 0 heterocycles. The van der Waals surface area contributed by atoms with Gasteiger partial charge < -0.3 is 19.5 Å². The number of ether oxygens (including phenoxy) is 2. The molecule has 0 unspecified atom stereocenters. The van der Waals surface area contributed by atoms with Gasteiger partial charge in [-0.05, 0) is 48.5 Å². The molecule has 0 saturated carbocycles. The van der Waals surface area contributed by atoms with E-state index in [1.165, 1.54) is 62.8 Å². The van der Waals surface area contributed by atoms with Crippen molar-refractivity contribution in [3.8, 4) is 11.5 Å². The first-order valence-corrected chi connectivity index (χ1v) is 8.29. The first-order chi connectivity index (χ1) is 13.5. The van der Waals surface area contributed by atoms with E-state index in [2.05, 4.69) is 0 Å². The van der Waals surface area contributed by atoms with E-state index < -0.39 is 30.9 Å². The first-order valence-electron chi connectivity index (χ1n) is 8.29. The van der Waals surface area contributed by atoms with E-state index >= 15 is 0 Å². The second kappa shape index (κ2) is 8.40. The minimum Gasteiger partial charge on any atom is -0.497 e. The number of rotatable bonds is 9. The summed E-state index contributed by atoms with van der Waals surface area (Å²) in [6.07, 6.45) is 0. The van der Waals surface area contributed by atoms with Gasteiger partial charge in [0, 0.05) is 11.4 Å². The van der Waals surface area contributed by atoms with Gasteiger partial charge in [0.2, 0.25) is 0 Å². The van der Waals surface area contributed by atoms with Crippen molar-refractivity contribution in [2.24, 2.45) is 0 Å². The molecule has 1 N–H and O–H groups in total. The number of nitrogens with zero attached hydrogens (tertiary/aromatic N) is 1. The van der Waals surface area contributed by atoms with Crippen LogP contribution in [0.15, 0.2) is 48.5 Å². The number of benzene rings is 2. The summed E-state index contributed by atoms with van der Waals surface area (Å²) in [5.41, 5.74) is 0.0810. The number of hydrogen-bond donors (Lipinski definition) is 1. The van der Waals surface area contributed by atoms with Crippen molar-refractivity contribution < 1.29 is 40.9 Å². The highest BCUT2D eigenvalue weighted by Crippen LogP contribution is 2.47. The summed E-state index contributed by atoms with van der Waals surface area (Å²) in [5, 5.41) is 8.47. The van der Waals surface area contributed by atoms with Crippen LogP contribution in [0.3, 0.4) is 0 Å². The van der Waals surface area contributed by atoms with E-state index in [-0.39, 0.29) is 11.4 Å². The molecule has 2 rings (SSSR count). The Hall–Kier alpha value is -2.62. The molecule has 10 heteroatoms. The van der Waals surface area contributed by atoms with E-state index in [0.717, 1.165) is 4.90 Å². The molecule has 0 atom stereocenters. The van der Waals surface area contributed by atoms with Crippen LogP contribution >= 0.6 is 0 Å². The Bertz CT molecular complexity index is 749. The standard InChI is InChI=1S/C19H19F6NO3/c1-28-15-7-3-13(4-8-15)26(14-5-9-16(29-2)10-6-14)11-17(20,21)19(24,25)18(22,23)12-27/h3-10,27H,11-12H2,1-2H3. The van der Waals surface area contributed by atoms with Crippen molar-refractivity contribution in [3.63, 3.8) is 0 Å². The summed E-state index contributed by atoms with van der Waals surface area (Å²) >= 11 is 0. The Morgan fingerprint density at radius 3 is 1.41 bits per heavy atom. The van der Waals surface area contributed by atoms with Gasteiger partial charge in [0.15, 0.2) is 0 Å². The van der Waals surface area contributed by atoms with Crippen molar-refractivity contribution in [1.82, 2.24) is 0 Å². The number of aliphatic hydroxyl groups is 1. The quantitative estimate of drug-likeness (QED) is 0.592. The normalized spacial score (nSPS) is 12.6. The third kappa shape index (κ3) is 4.52. The minimum absolute atomic E-state index is 0.0405. The Balaban J connectivity index is 2.48. The van der Waals surface area contributed by atoms with Crippen LogP contribution in [0.4, 0.5) is 37.7 Å². The van der Waals surface area contributed by atoms with Crippen LogP contribution in [-0.2, 0) is 0 Å². The maximum Gasteiger partial charge on any atom is 0.376 e. The van der Waals surface area contributed by atoms with E-state index in [1.54, 1.807) is 0 Å². The summed E-state index contributed by atoms with van der Waals surface area (Å²) in [7, 11) is 2.75. The number of methoxy groups -OCH3 is 2. The van der Waals surface area contributed by atoms with Gasteiger partial charge >= 0.3 is 17.8 Å². The molecule has 0 aromatic heterocycles. The number of anilines is 2. The van der Waals surface area contributed by atoms with Gasteiger partial charge in [0.25, 0.3) is 0 Å². The van der Waals surface area contributed by atoms with Crippen LogP contribution in [0.1, 0.15) is 0 Å². The van der Waals surface area contributed by atoms with Gasteiger partial charge in [-0.2, -0.15) is 26.3 Å². The van der Waals surface area contributed by atoms with E-state index in [4.69, 9.17) is 14.6 Å². The topological polar surface area (TPSA) is 41.9 Å². The smallest absolute Gasteiger partial charge is 0.376 e. The molecule has 0 spiro atoms. The predicted molar refractivity (Wildman–Crippen MR) is 94.9 cm³/mol. The molecule has 29 heavy (non-hydrogen) atoms. The third-order valence-electron chi connectivity index (χ3n) is 4.24. The van der Waals surface area contributed by atoms with Crippen molar-refractivity contribution >= 4 is 11.4 Å². The lowest BCUT2D eigenvalue weighted by atomic mass is 10.0. The van der Waals surface area contributed by atoms with Crippen LogP contribution in [0, 0.1) is 0 Å². The molecule has 0 fully saturated rings. The number of alkyl halides is 6. The molecule has 0 radical (unpaired) electrons. The predicted octanol–water partition coefficient (Wildman–Crippen LogP) is 4.74. The highest BCUT2D eigenvalue weighted by molar-refractivity contribution is 5.65. The van der Waals surface area contributed by atoms with Crippen molar-refractivity contribution in [2.45, 2.75) is 17.8 Å². The van der Waals surface area contributed by atoms with E-state index in [1.807, 2.05) is 0 Å². The maximum absolute atomic E-state index is 14.4. The van der Waals surface area contributed by atoms with Gasteiger partial charge in [-0.1, -0.05) is 0 Å². The van der Waals surface area contributed by atoms with E-state index in [9.17, 15) is 26.3 Å². The second-order valence-electron chi connectivity index (χ2n) is 6.12. The summed E-state index contributed by atoms with van der Waals surface area (Å²) in [4.78, 5) is 0.764. The molecule has 160 valence electrons. The lowest BCUT2D eigenvalue weighted by Crippen LogP contribution is -2.59. The number of halogens is 6. The van der Waals surface area contributed by atoms with Crippen LogP contribution in [0.2, 0.25) is 0 Å². The summed E-state index contributed by atoms with van der Waals surface area (Å²) in [6, 6.07) is 10.9. The molecule has 0 saturated heterocycles. The van der Waals surface area contributed by atoms with Crippen LogP contribution in [-0.4, -0.2) is 50.2 Å². The number of hydrogen-bond acceptors (Lipinski definition) is 4. The van der Waals surface area contributed by atoms with Gasteiger partial charge in [0.05, 0.1) is 20.8 Å². The Morgan fingerprint density at radius 1 is 0.724 bits per heavy atom. The first kappa shape index (κ1) is 22.7. The van der Waals surface area contributed by atoms with Crippen LogP contribution in [0.5, 0.6) is 11.5 Å². The van der Waals surface area contributed by atoms with Gasteiger partial charge in [-0.15, -0.1) is 0 Å². The molecule has 0 aliphatic heterocycles. The Kier molecular flexibility index (Phi) is 6.56. The molecular formula is C19H19F6NO3. The molecule has 0 aliphatic carbocycles. The average molecular weight is 423 g/mol. The molecule has 4 nitrogen and oxygen atoms in total. The molecule has 2 aromatic carbocycles. The molecule has 0 bridgehead atoms. The maximum atomic E-state index is 14.4. The van der Waals surface area contributed by atoms with Crippen LogP contribution < -0.4 is 14.4 Å². The second-order valence-corrected chi connectivity index (χ2v) is 6.12. The Labute approximate surface area is 163 Å². The van der Waals surface area contributed by atoms with Gasteiger partial charge in [-0.3, -0.25) is 0 Å². The summed E-state index contributed by atoms with van der Waals surface area (Å²) < 4.78 is 93.1. The largest absolute Gasteiger partial charge is 0.497 e. The highest BCUT2D eigenvalue weighted by Gasteiger charge is 2.71. The molecule has 0 aliphatic rings. The zero-order chi connectivity index (χ0) is 21.9. The van der Waals surface area contributed by atoms with Crippen LogP contribution in [0.25, 0.3) is 0 Å². The fraction of sp³-hybridized carbons (Fsp3) is 0.368. The van der Waals surface area contributed by atoms with Gasteiger partial charge in [0.1, 0.15) is 18.1 Å². The highest BCUT2D eigenvalue weighted by atomic mass is 19.3. The third-order valence-corrected chi connectivity index (χ3v) is 4.24. The van der Waals surface area contributed by atoms with Crippen molar-refractivity contribution in [3.05, 3.63) is 48.5 Å². The lowest BCUT2D eigenvalue weighted by Gasteiger charge is -2.36.